The van der Waals surface area contributed by atoms with Gasteiger partial charge in [0.2, 0.25) is 10.0 Å². The van der Waals surface area contributed by atoms with Crippen molar-refractivity contribution in [3.8, 4) is 5.75 Å². The van der Waals surface area contributed by atoms with E-state index in [0.717, 1.165) is 30.6 Å². The van der Waals surface area contributed by atoms with Crippen molar-refractivity contribution in [2.24, 2.45) is 11.7 Å². The summed E-state index contributed by atoms with van der Waals surface area (Å²) in [5, 5.41) is 0. The Hall–Kier alpha value is -0.820. The Balaban J connectivity index is 0.00000161. The van der Waals surface area contributed by atoms with Gasteiger partial charge in [0.25, 0.3) is 0 Å². The number of fused-ring (bicyclic) bond motifs is 1. The van der Waals surface area contributed by atoms with E-state index in [9.17, 15) is 8.42 Å². The minimum absolute atomic E-state index is 0. The Labute approximate surface area is 131 Å². The van der Waals surface area contributed by atoms with Crippen molar-refractivity contribution in [2.45, 2.75) is 24.2 Å². The van der Waals surface area contributed by atoms with Crippen molar-refractivity contribution in [3.05, 3.63) is 23.8 Å². The van der Waals surface area contributed by atoms with Crippen LogP contribution in [0.4, 0.5) is 0 Å². The van der Waals surface area contributed by atoms with Crippen LogP contribution in [0, 0.1) is 5.92 Å². The first kappa shape index (κ1) is 16.5. The fourth-order valence-corrected chi connectivity index (χ4v) is 4.38. The fraction of sp³-hybridized carbons (Fsp3) is 0.571. The molecule has 1 saturated heterocycles. The van der Waals surface area contributed by atoms with Crippen molar-refractivity contribution in [2.75, 3.05) is 26.2 Å². The molecule has 118 valence electrons. The number of rotatable bonds is 3. The highest BCUT2D eigenvalue weighted by atomic mass is 35.5. The molecule has 0 aromatic heterocycles. The van der Waals surface area contributed by atoms with Gasteiger partial charge in [0, 0.05) is 19.5 Å². The summed E-state index contributed by atoms with van der Waals surface area (Å²) in [5.74, 6) is 1.26. The number of hydrogen-bond acceptors (Lipinski definition) is 4. The molecule has 2 N–H and O–H groups in total. The van der Waals surface area contributed by atoms with Gasteiger partial charge in [-0.3, -0.25) is 0 Å². The molecule has 0 aliphatic carbocycles. The van der Waals surface area contributed by atoms with Crippen LogP contribution in [0.2, 0.25) is 0 Å². The summed E-state index contributed by atoms with van der Waals surface area (Å²) in [6.45, 7) is 2.42. The molecule has 21 heavy (non-hydrogen) atoms. The maximum absolute atomic E-state index is 12.6. The van der Waals surface area contributed by atoms with Crippen LogP contribution in [0.15, 0.2) is 23.1 Å². The van der Waals surface area contributed by atoms with Gasteiger partial charge in [0.15, 0.2) is 0 Å². The van der Waals surface area contributed by atoms with Crippen LogP contribution in [0.5, 0.6) is 5.75 Å². The first-order valence-electron chi connectivity index (χ1n) is 7.07. The van der Waals surface area contributed by atoms with Gasteiger partial charge in [-0.2, -0.15) is 4.31 Å². The van der Waals surface area contributed by atoms with Gasteiger partial charge >= 0.3 is 0 Å². The topological polar surface area (TPSA) is 72.6 Å². The lowest BCUT2D eigenvalue weighted by Gasteiger charge is -2.30. The molecule has 0 unspecified atom stereocenters. The molecular formula is C14H21ClN2O3S. The van der Waals surface area contributed by atoms with Crippen molar-refractivity contribution in [1.82, 2.24) is 4.31 Å². The zero-order valence-electron chi connectivity index (χ0n) is 11.8. The van der Waals surface area contributed by atoms with Gasteiger partial charge in [0.05, 0.1) is 11.5 Å². The molecule has 7 heteroatoms. The van der Waals surface area contributed by atoms with E-state index < -0.39 is 10.0 Å². The zero-order chi connectivity index (χ0) is 14.2. The molecule has 1 aromatic rings. The van der Waals surface area contributed by atoms with E-state index in [2.05, 4.69) is 0 Å². The standard InChI is InChI=1S/C14H20N2O3S.ClH/c15-10-11-3-6-16(7-4-11)20(17,18)13-1-2-14-12(9-13)5-8-19-14;/h1-2,9,11H,3-8,10,15H2;1H. The third-order valence-corrected chi connectivity index (χ3v) is 6.10. The van der Waals surface area contributed by atoms with Crippen LogP contribution in [0.1, 0.15) is 18.4 Å². The van der Waals surface area contributed by atoms with Crippen molar-refractivity contribution in [1.29, 1.82) is 0 Å². The smallest absolute Gasteiger partial charge is 0.243 e. The predicted molar refractivity (Wildman–Crippen MR) is 83.4 cm³/mol. The molecule has 0 amide bonds. The molecule has 0 spiro atoms. The molecule has 2 heterocycles. The summed E-state index contributed by atoms with van der Waals surface area (Å²) in [6, 6.07) is 5.17. The second kappa shape index (κ2) is 6.52. The number of hydrogen-bond donors (Lipinski definition) is 1. The Morgan fingerprint density at radius 3 is 2.67 bits per heavy atom. The number of nitrogens with zero attached hydrogens (tertiary/aromatic N) is 1. The highest BCUT2D eigenvalue weighted by molar-refractivity contribution is 7.89. The molecule has 5 nitrogen and oxygen atoms in total. The molecule has 2 aliphatic rings. The van der Waals surface area contributed by atoms with Crippen LogP contribution in [-0.4, -0.2) is 39.0 Å². The average Bonchev–Trinajstić information content (AvgIpc) is 2.94. The quantitative estimate of drug-likeness (QED) is 0.908. The second-order valence-corrected chi connectivity index (χ2v) is 7.39. The number of ether oxygens (including phenoxy) is 1. The van der Waals surface area contributed by atoms with Crippen LogP contribution in [-0.2, 0) is 16.4 Å². The van der Waals surface area contributed by atoms with E-state index in [4.69, 9.17) is 10.5 Å². The maximum atomic E-state index is 12.6. The molecule has 2 aliphatic heterocycles. The third-order valence-electron chi connectivity index (χ3n) is 4.21. The van der Waals surface area contributed by atoms with Gasteiger partial charge in [-0.15, -0.1) is 12.4 Å². The van der Waals surface area contributed by atoms with Crippen LogP contribution < -0.4 is 10.5 Å². The normalized spacial score (nSPS) is 19.7. The number of halogens is 1. The van der Waals surface area contributed by atoms with Crippen LogP contribution in [0.3, 0.4) is 0 Å². The number of sulfonamides is 1. The average molecular weight is 333 g/mol. The lowest BCUT2D eigenvalue weighted by atomic mass is 9.99. The molecule has 0 atom stereocenters. The van der Waals surface area contributed by atoms with E-state index in [1.165, 1.54) is 0 Å². The highest BCUT2D eigenvalue weighted by Crippen LogP contribution is 2.30. The summed E-state index contributed by atoms with van der Waals surface area (Å²) in [4.78, 5) is 0.382. The Morgan fingerprint density at radius 2 is 2.00 bits per heavy atom. The summed E-state index contributed by atoms with van der Waals surface area (Å²) in [6.07, 6.45) is 2.49. The monoisotopic (exact) mass is 332 g/mol. The molecule has 0 saturated carbocycles. The molecule has 0 radical (unpaired) electrons. The highest BCUT2D eigenvalue weighted by Gasteiger charge is 2.29. The minimum atomic E-state index is -3.38. The van der Waals surface area contributed by atoms with Gasteiger partial charge in [-0.25, -0.2) is 8.42 Å². The first-order valence-corrected chi connectivity index (χ1v) is 8.51. The Bertz CT molecular complexity index is 598. The maximum Gasteiger partial charge on any atom is 0.243 e. The van der Waals surface area contributed by atoms with E-state index >= 15 is 0 Å². The molecule has 0 bridgehead atoms. The van der Waals surface area contributed by atoms with E-state index in [1.54, 1.807) is 22.5 Å². The van der Waals surface area contributed by atoms with E-state index in [1.807, 2.05) is 0 Å². The van der Waals surface area contributed by atoms with Crippen molar-refractivity contribution < 1.29 is 13.2 Å². The molecule has 1 aromatic carbocycles. The summed E-state index contributed by atoms with van der Waals surface area (Å²) in [5.41, 5.74) is 6.64. The summed E-state index contributed by atoms with van der Waals surface area (Å²) >= 11 is 0. The van der Waals surface area contributed by atoms with Gasteiger partial charge in [-0.1, -0.05) is 0 Å². The summed E-state index contributed by atoms with van der Waals surface area (Å²) in [7, 11) is -3.38. The molecule has 3 rings (SSSR count). The molecular weight excluding hydrogens is 312 g/mol. The second-order valence-electron chi connectivity index (χ2n) is 5.45. The minimum Gasteiger partial charge on any atom is -0.493 e. The third kappa shape index (κ3) is 3.18. The predicted octanol–water partition coefficient (Wildman–Crippen LogP) is 1.40. The largest absolute Gasteiger partial charge is 0.493 e. The lowest BCUT2D eigenvalue weighted by molar-refractivity contribution is 0.278. The number of benzene rings is 1. The lowest BCUT2D eigenvalue weighted by Crippen LogP contribution is -2.40. The molecule has 1 fully saturated rings. The fourth-order valence-electron chi connectivity index (χ4n) is 2.86. The van der Waals surface area contributed by atoms with Gasteiger partial charge < -0.3 is 10.5 Å². The van der Waals surface area contributed by atoms with E-state index in [-0.39, 0.29) is 12.4 Å². The van der Waals surface area contributed by atoms with Crippen molar-refractivity contribution in [3.63, 3.8) is 0 Å². The van der Waals surface area contributed by atoms with Gasteiger partial charge in [-0.05, 0) is 49.1 Å². The Morgan fingerprint density at radius 1 is 1.29 bits per heavy atom. The summed E-state index contributed by atoms with van der Waals surface area (Å²) < 4.78 is 32.3. The number of nitrogens with two attached hydrogens (primary N) is 1. The van der Waals surface area contributed by atoms with Gasteiger partial charge in [0.1, 0.15) is 5.75 Å². The zero-order valence-corrected chi connectivity index (χ0v) is 13.5. The van der Waals surface area contributed by atoms with Crippen molar-refractivity contribution >= 4 is 22.4 Å². The first-order chi connectivity index (χ1) is 9.61. The number of piperidine rings is 1. The Kier molecular flexibility index (Phi) is 5.14. The SMILES string of the molecule is Cl.NCC1CCN(S(=O)(=O)c2ccc3c(c2)CCO3)CC1. The van der Waals surface area contributed by atoms with Crippen LogP contribution in [0.25, 0.3) is 0 Å². The van der Waals surface area contributed by atoms with E-state index in [0.29, 0.717) is 37.1 Å². The van der Waals surface area contributed by atoms with Crippen LogP contribution >= 0.6 is 12.4 Å².